The van der Waals surface area contributed by atoms with E-state index < -0.39 is 0 Å². The van der Waals surface area contributed by atoms with Crippen molar-refractivity contribution in [3.63, 3.8) is 0 Å². The maximum absolute atomic E-state index is 8.83. The molecular formula is C12H15N5. The van der Waals surface area contributed by atoms with E-state index in [-0.39, 0.29) is 0 Å². The Balaban J connectivity index is 1.76. The van der Waals surface area contributed by atoms with Crippen LogP contribution in [-0.2, 0) is 20.1 Å². The molecule has 0 aromatic carbocycles. The first kappa shape index (κ1) is 11.4. The highest BCUT2D eigenvalue weighted by molar-refractivity contribution is 5.28. The van der Waals surface area contributed by atoms with Gasteiger partial charge in [-0.3, -0.25) is 4.68 Å². The molecule has 2 aromatic heterocycles. The Kier molecular flexibility index (Phi) is 3.58. The molecule has 0 saturated heterocycles. The summed E-state index contributed by atoms with van der Waals surface area (Å²) in [6.45, 7) is 2.49. The smallest absolute Gasteiger partial charge is 0.120 e. The highest BCUT2D eigenvalue weighted by atomic mass is 15.3. The second-order valence-electron chi connectivity index (χ2n) is 3.90. The maximum atomic E-state index is 8.83. The summed E-state index contributed by atoms with van der Waals surface area (Å²) >= 11 is 0. The molecule has 5 nitrogen and oxygen atoms in total. The minimum atomic E-state index is 0.689. The predicted molar refractivity (Wildman–Crippen MR) is 64.1 cm³/mol. The lowest BCUT2D eigenvalue weighted by Gasteiger charge is -2.03. The molecule has 5 heteroatoms. The molecule has 17 heavy (non-hydrogen) atoms. The fourth-order valence-corrected chi connectivity index (χ4v) is 1.70. The number of rotatable bonds is 5. The molecule has 2 rings (SSSR count). The predicted octanol–water partition coefficient (Wildman–Crippen LogP) is 0.883. The van der Waals surface area contributed by atoms with Crippen molar-refractivity contribution in [1.29, 1.82) is 5.26 Å². The summed E-state index contributed by atoms with van der Waals surface area (Å²) < 4.78 is 3.73. The van der Waals surface area contributed by atoms with Crippen molar-refractivity contribution in [2.75, 3.05) is 6.54 Å². The van der Waals surface area contributed by atoms with Gasteiger partial charge in [-0.15, -0.1) is 0 Å². The maximum Gasteiger partial charge on any atom is 0.120 e. The van der Waals surface area contributed by atoms with E-state index in [2.05, 4.69) is 16.5 Å². The van der Waals surface area contributed by atoms with Gasteiger partial charge in [0.05, 0.1) is 6.54 Å². The van der Waals surface area contributed by atoms with Crippen LogP contribution in [-0.4, -0.2) is 20.9 Å². The van der Waals surface area contributed by atoms with E-state index in [4.69, 9.17) is 5.26 Å². The van der Waals surface area contributed by atoms with Crippen LogP contribution in [0, 0.1) is 11.3 Å². The standard InChI is InChI=1S/C12H15N5/c1-16-10-11(7-12(16)8-13)9-14-4-6-17-5-2-3-15-17/h2-3,5,7,10,14H,4,6,9H2,1H3. The van der Waals surface area contributed by atoms with E-state index >= 15 is 0 Å². The zero-order chi connectivity index (χ0) is 12.1. The molecule has 1 N–H and O–H groups in total. The second kappa shape index (κ2) is 5.32. The summed E-state index contributed by atoms with van der Waals surface area (Å²) in [5.74, 6) is 0. The topological polar surface area (TPSA) is 58.6 Å². The third-order valence-electron chi connectivity index (χ3n) is 2.58. The summed E-state index contributed by atoms with van der Waals surface area (Å²) in [5.41, 5.74) is 1.82. The molecule has 0 amide bonds. The zero-order valence-corrected chi connectivity index (χ0v) is 9.80. The fourth-order valence-electron chi connectivity index (χ4n) is 1.70. The number of aryl methyl sites for hydroxylation is 1. The van der Waals surface area contributed by atoms with Crippen molar-refractivity contribution in [3.05, 3.63) is 42.0 Å². The Hall–Kier alpha value is -2.06. The van der Waals surface area contributed by atoms with E-state index in [1.165, 1.54) is 0 Å². The van der Waals surface area contributed by atoms with Crippen LogP contribution in [0.4, 0.5) is 0 Å². The lowest BCUT2D eigenvalue weighted by Crippen LogP contribution is -2.19. The molecule has 2 aromatic rings. The van der Waals surface area contributed by atoms with Gasteiger partial charge in [0.1, 0.15) is 11.8 Å². The van der Waals surface area contributed by atoms with Crippen LogP contribution in [0.25, 0.3) is 0 Å². The molecule has 0 aliphatic heterocycles. The van der Waals surface area contributed by atoms with Crippen LogP contribution in [0.15, 0.2) is 30.7 Å². The molecule has 0 aliphatic carbocycles. The molecule has 0 atom stereocenters. The highest BCUT2D eigenvalue weighted by Gasteiger charge is 2.01. The second-order valence-corrected chi connectivity index (χ2v) is 3.90. The largest absolute Gasteiger partial charge is 0.342 e. The third kappa shape index (κ3) is 2.95. The number of aromatic nitrogens is 3. The number of nitrogens with one attached hydrogen (secondary N) is 1. The Morgan fingerprint density at radius 3 is 3.06 bits per heavy atom. The van der Waals surface area contributed by atoms with Crippen molar-refractivity contribution in [1.82, 2.24) is 19.7 Å². The Morgan fingerprint density at radius 2 is 2.41 bits per heavy atom. The number of nitriles is 1. The number of hydrogen-bond donors (Lipinski definition) is 1. The van der Waals surface area contributed by atoms with Gasteiger partial charge in [-0.25, -0.2) is 0 Å². The summed E-state index contributed by atoms with van der Waals surface area (Å²) in [5, 5.41) is 16.3. The van der Waals surface area contributed by atoms with Crippen LogP contribution < -0.4 is 5.32 Å². The van der Waals surface area contributed by atoms with Crippen LogP contribution in [0.3, 0.4) is 0 Å². The SMILES string of the molecule is Cn1cc(CNCCn2cccn2)cc1C#N. The molecule has 0 bridgehead atoms. The highest BCUT2D eigenvalue weighted by Crippen LogP contribution is 2.05. The zero-order valence-electron chi connectivity index (χ0n) is 9.80. The summed E-state index contributed by atoms with van der Waals surface area (Å²) in [6.07, 6.45) is 5.69. The van der Waals surface area contributed by atoms with Gasteiger partial charge in [0.15, 0.2) is 0 Å². The van der Waals surface area contributed by atoms with Gasteiger partial charge in [0.2, 0.25) is 0 Å². The van der Waals surface area contributed by atoms with E-state index in [0.717, 1.165) is 25.2 Å². The minimum absolute atomic E-state index is 0.689. The van der Waals surface area contributed by atoms with E-state index in [1.54, 1.807) is 6.20 Å². The van der Waals surface area contributed by atoms with Crippen LogP contribution in [0.5, 0.6) is 0 Å². The van der Waals surface area contributed by atoms with Crippen molar-refractivity contribution in [2.24, 2.45) is 7.05 Å². The van der Waals surface area contributed by atoms with Gasteiger partial charge in [0.25, 0.3) is 0 Å². The lowest BCUT2D eigenvalue weighted by atomic mass is 10.3. The molecule has 0 saturated carbocycles. The lowest BCUT2D eigenvalue weighted by molar-refractivity contribution is 0.555. The summed E-state index contributed by atoms with van der Waals surface area (Å²) in [4.78, 5) is 0. The average Bonchev–Trinajstić information content (AvgIpc) is 2.94. The van der Waals surface area contributed by atoms with Gasteiger partial charge < -0.3 is 9.88 Å². The van der Waals surface area contributed by atoms with Crippen molar-refractivity contribution >= 4 is 0 Å². The van der Waals surface area contributed by atoms with E-state index in [0.29, 0.717) is 5.69 Å². The molecular weight excluding hydrogens is 214 g/mol. The van der Waals surface area contributed by atoms with Gasteiger partial charge in [-0.05, 0) is 17.7 Å². The van der Waals surface area contributed by atoms with Crippen molar-refractivity contribution in [3.8, 4) is 6.07 Å². The first-order valence-electron chi connectivity index (χ1n) is 5.53. The minimum Gasteiger partial charge on any atom is -0.342 e. The fraction of sp³-hybridized carbons (Fsp3) is 0.333. The van der Waals surface area contributed by atoms with Crippen LogP contribution >= 0.6 is 0 Å². The van der Waals surface area contributed by atoms with Gasteiger partial charge in [-0.1, -0.05) is 0 Å². The van der Waals surface area contributed by atoms with Crippen LogP contribution in [0.1, 0.15) is 11.3 Å². The summed E-state index contributed by atoms with van der Waals surface area (Å²) in [7, 11) is 1.88. The molecule has 0 spiro atoms. The average molecular weight is 229 g/mol. The van der Waals surface area contributed by atoms with Crippen LogP contribution in [0.2, 0.25) is 0 Å². The molecule has 88 valence electrons. The number of hydrogen-bond acceptors (Lipinski definition) is 3. The molecule has 0 fully saturated rings. The normalized spacial score (nSPS) is 10.4. The van der Waals surface area contributed by atoms with Crippen molar-refractivity contribution < 1.29 is 0 Å². The van der Waals surface area contributed by atoms with Gasteiger partial charge in [-0.2, -0.15) is 10.4 Å². The molecule has 2 heterocycles. The summed E-state index contributed by atoms with van der Waals surface area (Å²) in [6, 6.07) is 5.97. The van der Waals surface area contributed by atoms with Gasteiger partial charge >= 0.3 is 0 Å². The Morgan fingerprint density at radius 1 is 1.53 bits per heavy atom. The Bertz CT molecular complexity index is 503. The Labute approximate surface area is 100 Å². The monoisotopic (exact) mass is 229 g/mol. The first-order chi connectivity index (χ1) is 8.29. The number of nitrogens with zero attached hydrogens (tertiary/aromatic N) is 4. The molecule has 0 aliphatic rings. The van der Waals surface area contributed by atoms with Gasteiger partial charge in [0, 0.05) is 38.7 Å². The third-order valence-corrected chi connectivity index (χ3v) is 2.58. The van der Waals surface area contributed by atoms with Crippen molar-refractivity contribution in [2.45, 2.75) is 13.1 Å². The molecule has 0 unspecified atom stereocenters. The molecule has 0 radical (unpaired) electrons. The van der Waals surface area contributed by atoms with E-state index in [1.807, 2.05) is 40.8 Å². The van der Waals surface area contributed by atoms with E-state index in [9.17, 15) is 0 Å². The quantitative estimate of drug-likeness (QED) is 0.774. The first-order valence-corrected chi connectivity index (χ1v) is 5.53.